The molecule has 2 heterocycles. The Morgan fingerprint density at radius 2 is 2.08 bits per heavy atom. The molecule has 0 radical (unpaired) electrons. The lowest BCUT2D eigenvalue weighted by atomic mass is 9.95. The summed E-state index contributed by atoms with van der Waals surface area (Å²) in [6.07, 6.45) is 1.57. The zero-order chi connectivity index (χ0) is 18.0. The highest BCUT2D eigenvalue weighted by Gasteiger charge is 2.43. The molecule has 1 aromatic carbocycles. The van der Waals surface area contributed by atoms with E-state index in [1.54, 1.807) is 55.0 Å². The van der Waals surface area contributed by atoms with Gasteiger partial charge in [-0.15, -0.1) is 17.9 Å². The molecule has 1 aliphatic rings. The van der Waals surface area contributed by atoms with E-state index < -0.39 is 17.7 Å². The van der Waals surface area contributed by atoms with Gasteiger partial charge in [-0.05, 0) is 29.1 Å². The van der Waals surface area contributed by atoms with Crippen molar-refractivity contribution in [2.24, 2.45) is 0 Å². The third-order valence-corrected chi connectivity index (χ3v) is 4.92. The highest BCUT2D eigenvalue weighted by atomic mass is 32.1. The quantitative estimate of drug-likeness (QED) is 0.636. The van der Waals surface area contributed by atoms with Crippen LogP contribution in [0.5, 0.6) is 5.75 Å². The molecular formula is C19H17NO4S. The molecule has 0 fully saturated rings. The number of nitrogens with zero attached hydrogens (tertiary/aromatic N) is 1. The van der Waals surface area contributed by atoms with E-state index in [9.17, 15) is 14.7 Å². The molecular weight excluding hydrogens is 338 g/mol. The monoisotopic (exact) mass is 355 g/mol. The smallest absolute Gasteiger partial charge is 0.290 e. The first kappa shape index (κ1) is 17.0. The highest BCUT2D eigenvalue weighted by molar-refractivity contribution is 7.12. The molecule has 0 saturated carbocycles. The van der Waals surface area contributed by atoms with E-state index in [-0.39, 0.29) is 17.9 Å². The van der Waals surface area contributed by atoms with Crippen LogP contribution in [0.15, 0.2) is 65.8 Å². The zero-order valence-corrected chi connectivity index (χ0v) is 14.5. The second kappa shape index (κ2) is 6.94. The molecule has 5 nitrogen and oxygen atoms in total. The van der Waals surface area contributed by atoms with E-state index in [1.165, 1.54) is 16.2 Å². The van der Waals surface area contributed by atoms with Crippen molar-refractivity contribution in [1.82, 2.24) is 4.90 Å². The SMILES string of the molecule is C=CCN1C(=O)C(O)=C(C(=O)c2cccs2)[C@H]1c1ccc(OC)cc1. The van der Waals surface area contributed by atoms with Crippen LogP contribution in [0.25, 0.3) is 0 Å². The fourth-order valence-corrected chi connectivity index (χ4v) is 3.56. The Hall–Kier alpha value is -2.86. The molecule has 1 atom stereocenters. The summed E-state index contributed by atoms with van der Waals surface area (Å²) in [7, 11) is 1.57. The Kier molecular flexibility index (Phi) is 4.72. The normalized spacial score (nSPS) is 17.1. The lowest BCUT2D eigenvalue weighted by Crippen LogP contribution is -2.31. The molecule has 0 unspecified atom stereocenters. The maximum absolute atomic E-state index is 12.9. The van der Waals surface area contributed by atoms with Gasteiger partial charge in [-0.2, -0.15) is 0 Å². The number of hydrogen-bond acceptors (Lipinski definition) is 5. The van der Waals surface area contributed by atoms with E-state index in [1.807, 2.05) is 0 Å². The molecule has 2 aromatic rings. The van der Waals surface area contributed by atoms with Crippen LogP contribution in [0.3, 0.4) is 0 Å². The third-order valence-electron chi connectivity index (χ3n) is 4.05. The average molecular weight is 355 g/mol. The summed E-state index contributed by atoms with van der Waals surface area (Å²) < 4.78 is 5.16. The lowest BCUT2D eigenvalue weighted by molar-refractivity contribution is -0.128. The van der Waals surface area contributed by atoms with E-state index >= 15 is 0 Å². The summed E-state index contributed by atoms with van der Waals surface area (Å²) in [5, 5.41) is 12.2. The number of methoxy groups -OCH3 is 1. The summed E-state index contributed by atoms with van der Waals surface area (Å²) in [5.74, 6) is -0.738. The maximum atomic E-state index is 12.9. The van der Waals surface area contributed by atoms with Gasteiger partial charge in [-0.1, -0.05) is 24.3 Å². The van der Waals surface area contributed by atoms with Gasteiger partial charge in [-0.3, -0.25) is 9.59 Å². The van der Waals surface area contributed by atoms with Crippen molar-refractivity contribution in [3.8, 4) is 5.75 Å². The van der Waals surface area contributed by atoms with E-state index in [0.717, 1.165) is 5.56 Å². The summed E-state index contributed by atoms with van der Waals surface area (Å²) in [5.41, 5.74) is 0.819. The van der Waals surface area contributed by atoms with Crippen LogP contribution in [0.2, 0.25) is 0 Å². The van der Waals surface area contributed by atoms with E-state index in [0.29, 0.717) is 10.6 Å². The van der Waals surface area contributed by atoms with Crippen molar-refractivity contribution in [1.29, 1.82) is 0 Å². The number of carbonyl (C=O) groups excluding carboxylic acids is 2. The van der Waals surface area contributed by atoms with Gasteiger partial charge in [-0.25, -0.2) is 0 Å². The number of thiophene rings is 1. The fraction of sp³-hybridized carbons (Fsp3) is 0.158. The number of benzene rings is 1. The van der Waals surface area contributed by atoms with Crippen LogP contribution in [0.4, 0.5) is 0 Å². The number of ketones is 1. The van der Waals surface area contributed by atoms with Gasteiger partial charge in [0.1, 0.15) is 5.75 Å². The second-order valence-electron chi connectivity index (χ2n) is 5.49. The topological polar surface area (TPSA) is 66.8 Å². The number of Topliss-reactive ketones (excluding diaryl/α,β-unsaturated/α-hetero) is 1. The molecule has 0 aliphatic carbocycles. The average Bonchev–Trinajstić information content (AvgIpc) is 3.25. The molecule has 1 N–H and O–H groups in total. The van der Waals surface area contributed by atoms with Gasteiger partial charge in [0.2, 0.25) is 5.78 Å². The van der Waals surface area contributed by atoms with Gasteiger partial charge < -0.3 is 14.7 Å². The predicted octanol–water partition coefficient (Wildman–Crippen LogP) is 3.52. The number of amides is 1. The van der Waals surface area contributed by atoms with Crippen molar-refractivity contribution in [3.63, 3.8) is 0 Å². The minimum atomic E-state index is -0.661. The molecule has 1 aromatic heterocycles. The summed E-state index contributed by atoms with van der Waals surface area (Å²) in [4.78, 5) is 27.3. The Bertz CT molecular complexity index is 837. The van der Waals surface area contributed by atoms with Crippen LogP contribution < -0.4 is 4.74 Å². The number of ether oxygens (including phenoxy) is 1. The van der Waals surface area contributed by atoms with Crippen molar-refractivity contribution >= 4 is 23.0 Å². The van der Waals surface area contributed by atoms with Crippen molar-refractivity contribution in [2.45, 2.75) is 6.04 Å². The van der Waals surface area contributed by atoms with E-state index in [2.05, 4.69) is 6.58 Å². The van der Waals surface area contributed by atoms with Crippen molar-refractivity contribution in [2.75, 3.05) is 13.7 Å². The molecule has 1 amide bonds. The molecule has 128 valence electrons. The van der Waals surface area contributed by atoms with Crippen LogP contribution in [0, 0.1) is 0 Å². The first-order valence-electron chi connectivity index (χ1n) is 7.65. The zero-order valence-electron chi connectivity index (χ0n) is 13.6. The van der Waals surface area contributed by atoms with Crippen molar-refractivity contribution < 1.29 is 19.4 Å². The summed E-state index contributed by atoms with van der Waals surface area (Å²) >= 11 is 1.27. The van der Waals surface area contributed by atoms with E-state index in [4.69, 9.17) is 4.74 Å². The number of rotatable bonds is 6. The Morgan fingerprint density at radius 1 is 1.36 bits per heavy atom. The molecule has 3 rings (SSSR count). The molecule has 0 spiro atoms. The Labute approximate surface area is 149 Å². The molecule has 1 aliphatic heterocycles. The van der Waals surface area contributed by atoms with Crippen LogP contribution in [0.1, 0.15) is 21.3 Å². The molecule has 0 bridgehead atoms. The van der Waals surface area contributed by atoms with Crippen LogP contribution in [-0.2, 0) is 4.79 Å². The minimum Gasteiger partial charge on any atom is -0.503 e. The van der Waals surface area contributed by atoms with Gasteiger partial charge in [0.15, 0.2) is 5.76 Å². The van der Waals surface area contributed by atoms with Crippen LogP contribution >= 0.6 is 11.3 Å². The van der Waals surface area contributed by atoms with Gasteiger partial charge in [0.25, 0.3) is 5.91 Å². The standard InChI is InChI=1S/C19H17NO4S/c1-3-10-20-16(12-6-8-13(24-2)9-7-12)15(18(22)19(20)23)17(21)14-5-4-11-25-14/h3-9,11,16,22H,1,10H2,2H3/t16-/m1/s1. The number of aliphatic hydroxyl groups is 1. The largest absolute Gasteiger partial charge is 0.503 e. The van der Waals surface area contributed by atoms with Crippen LogP contribution in [-0.4, -0.2) is 35.4 Å². The predicted molar refractivity (Wildman–Crippen MR) is 95.9 cm³/mol. The number of carbonyl (C=O) groups is 2. The molecule has 0 saturated heterocycles. The van der Waals surface area contributed by atoms with Gasteiger partial charge in [0.05, 0.1) is 23.6 Å². The first-order chi connectivity index (χ1) is 12.1. The van der Waals surface area contributed by atoms with Gasteiger partial charge in [0, 0.05) is 6.54 Å². The van der Waals surface area contributed by atoms with Crippen molar-refractivity contribution in [3.05, 3.63) is 76.2 Å². The Morgan fingerprint density at radius 3 is 2.64 bits per heavy atom. The molecule has 6 heteroatoms. The lowest BCUT2D eigenvalue weighted by Gasteiger charge is -2.25. The van der Waals surface area contributed by atoms with Gasteiger partial charge >= 0.3 is 0 Å². The third kappa shape index (κ3) is 2.96. The fourth-order valence-electron chi connectivity index (χ4n) is 2.89. The number of aliphatic hydroxyl groups excluding tert-OH is 1. The second-order valence-corrected chi connectivity index (χ2v) is 6.44. The first-order valence-corrected chi connectivity index (χ1v) is 8.53. The summed E-state index contributed by atoms with van der Waals surface area (Å²) in [6, 6.07) is 9.87. The molecule has 25 heavy (non-hydrogen) atoms. The number of hydrogen-bond donors (Lipinski definition) is 1. The maximum Gasteiger partial charge on any atom is 0.290 e. The minimum absolute atomic E-state index is 0.0967. The summed E-state index contributed by atoms with van der Waals surface area (Å²) in [6.45, 7) is 3.89. The highest BCUT2D eigenvalue weighted by Crippen LogP contribution is 2.39. The Balaban J connectivity index is 2.09.